The Kier molecular flexibility index (Phi) is 4.47. The Morgan fingerprint density at radius 2 is 2.08 bits per heavy atom. The molecule has 1 aromatic heterocycles. The van der Waals surface area contributed by atoms with Crippen LogP contribution in [0.25, 0.3) is 0 Å². The van der Waals surface area contributed by atoms with Gasteiger partial charge in [0.2, 0.25) is 0 Å². The monoisotopic (exact) mass is 178 g/mol. The van der Waals surface area contributed by atoms with Crippen LogP contribution in [-0.4, -0.2) is 17.6 Å². The van der Waals surface area contributed by atoms with Crippen molar-refractivity contribution in [3.63, 3.8) is 0 Å². The third-order valence-electron chi connectivity index (χ3n) is 2.27. The predicted molar refractivity (Wildman–Crippen MR) is 55.7 cm³/mol. The number of nitrogens with one attached hydrogen (secondary N) is 1. The fourth-order valence-corrected chi connectivity index (χ4v) is 1.16. The Labute approximate surface area is 80.4 Å². The van der Waals surface area contributed by atoms with Crippen LogP contribution in [0.15, 0.2) is 24.5 Å². The van der Waals surface area contributed by atoms with Gasteiger partial charge in [0.1, 0.15) is 0 Å². The summed E-state index contributed by atoms with van der Waals surface area (Å²) < 4.78 is 0. The lowest BCUT2D eigenvalue weighted by molar-refractivity contribution is 0.537. The van der Waals surface area contributed by atoms with Crippen LogP contribution < -0.4 is 5.32 Å². The molecular weight excluding hydrogens is 160 g/mol. The molecule has 0 aliphatic rings. The molecule has 1 aromatic rings. The van der Waals surface area contributed by atoms with Gasteiger partial charge in [-0.2, -0.15) is 0 Å². The number of hydrogen-bond acceptors (Lipinski definition) is 2. The first-order valence-electron chi connectivity index (χ1n) is 4.95. The normalized spacial score (nSPS) is 12.8. The van der Waals surface area contributed by atoms with Crippen molar-refractivity contribution >= 4 is 0 Å². The number of pyridine rings is 1. The van der Waals surface area contributed by atoms with E-state index in [1.165, 1.54) is 12.0 Å². The second-order valence-corrected chi connectivity index (χ2v) is 3.37. The van der Waals surface area contributed by atoms with Crippen molar-refractivity contribution in [2.45, 2.75) is 32.7 Å². The first-order chi connectivity index (χ1) is 6.33. The maximum atomic E-state index is 3.98. The van der Waals surface area contributed by atoms with Crippen LogP contribution in [0.1, 0.15) is 25.8 Å². The van der Waals surface area contributed by atoms with Crippen molar-refractivity contribution in [2.75, 3.05) is 6.54 Å². The van der Waals surface area contributed by atoms with Crippen molar-refractivity contribution in [1.29, 1.82) is 0 Å². The largest absolute Gasteiger partial charge is 0.314 e. The minimum atomic E-state index is 0.627. The molecule has 1 atom stereocenters. The molecular formula is C11H18N2. The minimum Gasteiger partial charge on any atom is -0.314 e. The van der Waals surface area contributed by atoms with E-state index in [0.717, 1.165) is 13.0 Å². The Morgan fingerprint density at radius 3 is 2.69 bits per heavy atom. The van der Waals surface area contributed by atoms with Crippen LogP contribution in [0.5, 0.6) is 0 Å². The summed E-state index contributed by atoms with van der Waals surface area (Å²) in [5.41, 5.74) is 1.35. The average molecular weight is 178 g/mol. The molecule has 13 heavy (non-hydrogen) atoms. The van der Waals surface area contributed by atoms with Crippen LogP contribution >= 0.6 is 0 Å². The molecule has 1 N–H and O–H groups in total. The van der Waals surface area contributed by atoms with Crippen LogP contribution in [0.2, 0.25) is 0 Å². The minimum absolute atomic E-state index is 0.627. The van der Waals surface area contributed by atoms with E-state index in [1.807, 2.05) is 12.4 Å². The summed E-state index contributed by atoms with van der Waals surface area (Å²) in [7, 11) is 0. The summed E-state index contributed by atoms with van der Waals surface area (Å²) in [6.45, 7) is 5.47. The summed E-state index contributed by atoms with van der Waals surface area (Å²) in [6.07, 6.45) is 5.97. The van der Waals surface area contributed by atoms with Crippen molar-refractivity contribution in [1.82, 2.24) is 10.3 Å². The third kappa shape index (κ3) is 4.04. The molecule has 1 heterocycles. The van der Waals surface area contributed by atoms with Crippen LogP contribution in [0, 0.1) is 0 Å². The smallest absolute Gasteiger partial charge is 0.0270 e. The molecule has 1 rings (SSSR count). The lowest BCUT2D eigenvalue weighted by atomic mass is 10.2. The van der Waals surface area contributed by atoms with E-state index in [9.17, 15) is 0 Å². The molecule has 0 fully saturated rings. The number of aromatic nitrogens is 1. The van der Waals surface area contributed by atoms with Gasteiger partial charge in [-0.25, -0.2) is 0 Å². The third-order valence-corrected chi connectivity index (χ3v) is 2.27. The maximum absolute atomic E-state index is 3.98. The van der Waals surface area contributed by atoms with Gasteiger partial charge in [0, 0.05) is 18.4 Å². The molecule has 0 amide bonds. The Hall–Kier alpha value is -0.890. The molecule has 0 saturated carbocycles. The second kappa shape index (κ2) is 5.70. The van der Waals surface area contributed by atoms with Crippen LogP contribution in [-0.2, 0) is 6.42 Å². The van der Waals surface area contributed by atoms with Crippen molar-refractivity contribution in [3.8, 4) is 0 Å². The standard InChI is InChI=1S/C11H18N2/c1-3-10(2)13-9-6-11-4-7-12-8-5-11/h4-5,7-8,10,13H,3,6,9H2,1-2H3/t10-/m1/s1. The highest BCUT2D eigenvalue weighted by atomic mass is 14.9. The zero-order valence-electron chi connectivity index (χ0n) is 8.46. The zero-order chi connectivity index (χ0) is 9.52. The van der Waals surface area contributed by atoms with Gasteiger partial charge >= 0.3 is 0 Å². The number of hydrogen-bond donors (Lipinski definition) is 1. The topological polar surface area (TPSA) is 24.9 Å². The van der Waals surface area contributed by atoms with Gasteiger partial charge in [-0.05, 0) is 44.0 Å². The van der Waals surface area contributed by atoms with Gasteiger partial charge in [0.05, 0.1) is 0 Å². The first kappa shape index (κ1) is 10.2. The Balaban J connectivity index is 2.20. The van der Waals surface area contributed by atoms with E-state index in [2.05, 4.69) is 36.3 Å². The molecule has 0 aliphatic heterocycles. The van der Waals surface area contributed by atoms with E-state index >= 15 is 0 Å². The molecule has 0 aliphatic carbocycles. The van der Waals surface area contributed by atoms with Crippen LogP contribution in [0.3, 0.4) is 0 Å². The van der Waals surface area contributed by atoms with E-state index in [-0.39, 0.29) is 0 Å². The predicted octanol–water partition coefficient (Wildman–Crippen LogP) is 2.01. The molecule has 0 aromatic carbocycles. The lowest BCUT2D eigenvalue weighted by Gasteiger charge is -2.10. The SMILES string of the molecule is CC[C@@H](C)NCCc1ccncc1. The lowest BCUT2D eigenvalue weighted by Crippen LogP contribution is -2.27. The highest BCUT2D eigenvalue weighted by Gasteiger charge is 1.96. The van der Waals surface area contributed by atoms with E-state index in [1.54, 1.807) is 0 Å². The Bertz CT molecular complexity index is 221. The van der Waals surface area contributed by atoms with E-state index < -0.39 is 0 Å². The fourth-order valence-electron chi connectivity index (χ4n) is 1.16. The summed E-state index contributed by atoms with van der Waals surface area (Å²) in [6, 6.07) is 4.76. The van der Waals surface area contributed by atoms with Gasteiger partial charge < -0.3 is 5.32 Å². The van der Waals surface area contributed by atoms with Crippen molar-refractivity contribution < 1.29 is 0 Å². The van der Waals surface area contributed by atoms with Crippen LogP contribution in [0.4, 0.5) is 0 Å². The molecule has 2 nitrogen and oxygen atoms in total. The average Bonchev–Trinajstić information content (AvgIpc) is 2.19. The summed E-state index contributed by atoms with van der Waals surface area (Å²) in [5.74, 6) is 0. The summed E-state index contributed by atoms with van der Waals surface area (Å²) >= 11 is 0. The molecule has 0 radical (unpaired) electrons. The highest BCUT2D eigenvalue weighted by molar-refractivity contribution is 5.09. The Morgan fingerprint density at radius 1 is 1.38 bits per heavy atom. The molecule has 0 saturated heterocycles. The molecule has 2 heteroatoms. The number of nitrogens with zero attached hydrogens (tertiary/aromatic N) is 1. The second-order valence-electron chi connectivity index (χ2n) is 3.37. The van der Waals surface area contributed by atoms with Gasteiger partial charge in [0.25, 0.3) is 0 Å². The van der Waals surface area contributed by atoms with Crippen molar-refractivity contribution in [3.05, 3.63) is 30.1 Å². The molecule has 0 bridgehead atoms. The molecule has 72 valence electrons. The van der Waals surface area contributed by atoms with E-state index in [4.69, 9.17) is 0 Å². The molecule has 0 unspecified atom stereocenters. The van der Waals surface area contributed by atoms with Gasteiger partial charge in [-0.15, -0.1) is 0 Å². The first-order valence-corrected chi connectivity index (χ1v) is 4.95. The van der Waals surface area contributed by atoms with Gasteiger partial charge in [-0.3, -0.25) is 4.98 Å². The fraction of sp³-hybridized carbons (Fsp3) is 0.545. The van der Waals surface area contributed by atoms with Crippen molar-refractivity contribution in [2.24, 2.45) is 0 Å². The maximum Gasteiger partial charge on any atom is 0.0270 e. The highest BCUT2D eigenvalue weighted by Crippen LogP contribution is 1.96. The van der Waals surface area contributed by atoms with Gasteiger partial charge in [0.15, 0.2) is 0 Å². The summed E-state index contributed by atoms with van der Waals surface area (Å²) in [4.78, 5) is 3.98. The number of rotatable bonds is 5. The summed E-state index contributed by atoms with van der Waals surface area (Å²) in [5, 5.41) is 3.46. The molecule has 0 spiro atoms. The quantitative estimate of drug-likeness (QED) is 0.746. The van der Waals surface area contributed by atoms with Gasteiger partial charge in [-0.1, -0.05) is 6.92 Å². The zero-order valence-corrected chi connectivity index (χ0v) is 8.46. The van der Waals surface area contributed by atoms with E-state index in [0.29, 0.717) is 6.04 Å².